The number of nitrogens with two attached hydrogens (primary N) is 1. The lowest BCUT2D eigenvalue weighted by atomic mass is 10.0. The molecule has 8 atom stereocenters. The molecular weight excluding hydrogens is 385 g/mol. The molecule has 2 fully saturated rings. The summed E-state index contributed by atoms with van der Waals surface area (Å²) < 4.78 is 40.7. The van der Waals surface area contributed by atoms with Crippen LogP contribution >= 0.6 is 7.82 Å². The third-order valence-electron chi connectivity index (χ3n) is 5.36. The number of phosphoric acid groups is 1. The van der Waals surface area contributed by atoms with E-state index >= 15 is 0 Å². The Morgan fingerprint density at radius 1 is 1.11 bits per heavy atom. The zero-order chi connectivity index (χ0) is 21.1. The zero-order valence-electron chi connectivity index (χ0n) is 17.9. The Labute approximate surface area is 169 Å². The molecule has 9 heteroatoms. The van der Waals surface area contributed by atoms with Gasteiger partial charge in [-0.3, -0.25) is 9.05 Å². The third kappa shape index (κ3) is 7.03. The summed E-state index contributed by atoms with van der Waals surface area (Å²) in [6.45, 7) is 12.1. The summed E-state index contributed by atoms with van der Waals surface area (Å²) >= 11 is 0. The van der Waals surface area contributed by atoms with E-state index in [0.717, 1.165) is 6.42 Å². The third-order valence-corrected chi connectivity index (χ3v) is 6.37. The smallest absolute Gasteiger partial charge is 0.378 e. The fraction of sp³-hybridized carbons (Fsp3) is 1.00. The molecule has 0 bridgehead atoms. The van der Waals surface area contributed by atoms with Crippen LogP contribution in [0.1, 0.15) is 54.4 Å². The maximum Gasteiger partial charge on any atom is 0.472 e. The zero-order valence-corrected chi connectivity index (χ0v) is 18.8. The second-order valence-corrected chi connectivity index (χ2v) is 10.1. The fourth-order valence-corrected chi connectivity index (χ4v) is 4.92. The predicted molar refractivity (Wildman–Crippen MR) is 106 cm³/mol. The highest BCUT2D eigenvalue weighted by atomic mass is 31.2. The summed E-state index contributed by atoms with van der Waals surface area (Å²) in [6, 6.07) is -0.147. The maximum absolute atomic E-state index is 12.6. The normalized spacial score (nSPS) is 38.4. The Hall–Kier alpha value is -0.0500. The molecule has 0 radical (unpaired) electrons. The molecule has 0 aromatic heterocycles. The van der Waals surface area contributed by atoms with Gasteiger partial charge in [0.15, 0.2) is 0 Å². The number of hydrogen-bond acceptors (Lipinski definition) is 7. The first kappa shape index (κ1) is 24.2. The van der Waals surface area contributed by atoms with Crippen molar-refractivity contribution in [1.29, 1.82) is 0 Å². The van der Waals surface area contributed by atoms with Crippen molar-refractivity contribution < 1.29 is 32.7 Å². The Morgan fingerprint density at radius 2 is 1.79 bits per heavy atom. The first-order valence-corrected chi connectivity index (χ1v) is 11.8. The lowest BCUT2D eigenvalue weighted by Gasteiger charge is -2.26. The van der Waals surface area contributed by atoms with Crippen LogP contribution in [0, 0.1) is 11.8 Å². The van der Waals surface area contributed by atoms with Crippen LogP contribution in [0.15, 0.2) is 0 Å². The van der Waals surface area contributed by atoms with Crippen molar-refractivity contribution in [2.45, 2.75) is 97.0 Å². The van der Waals surface area contributed by atoms with Gasteiger partial charge in [-0.1, -0.05) is 6.92 Å². The SMILES string of the molecule is CC(C)OC[C@H]1C(N)[C@@H](C)C[C@H]1OP(=O)(O)OCC1O[C@@H](C)C[C@H]1OC(C)C. The molecule has 0 amide bonds. The van der Waals surface area contributed by atoms with Crippen molar-refractivity contribution in [3.05, 3.63) is 0 Å². The first-order valence-electron chi connectivity index (χ1n) is 10.3. The monoisotopic (exact) mass is 423 g/mol. The summed E-state index contributed by atoms with van der Waals surface area (Å²) in [5.74, 6) is 0.0230. The molecule has 28 heavy (non-hydrogen) atoms. The fourth-order valence-electron chi connectivity index (χ4n) is 3.94. The van der Waals surface area contributed by atoms with Gasteiger partial charge in [0.1, 0.15) is 6.10 Å². The van der Waals surface area contributed by atoms with E-state index in [1.165, 1.54) is 0 Å². The van der Waals surface area contributed by atoms with E-state index in [1.54, 1.807) is 0 Å². The van der Waals surface area contributed by atoms with E-state index in [4.69, 9.17) is 29.0 Å². The standard InChI is InChI=1S/C19H38NO7P/c1-11(2)23-9-15-16(7-13(5)19(15)20)27-28(21,22)24-10-18-17(25-12(3)4)8-14(6)26-18/h11-19H,7-10,20H2,1-6H3,(H,21,22)/t13-,14-,15+,16+,17+,18?,19?/m0/s1. The Bertz CT molecular complexity index is 532. The number of ether oxygens (including phenoxy) is 3. The van der Waals surface area contributed by atoms with E-state index in [9.17, 15) is 9.46 Å². The lowest BCUT2D eigenvalue weighted by molar-refractivity contribution is -0.0649. The quantitative estimate of drug-likeness (QED) is 0.516. The summed E-state index contributed by atoms with van der Waals surface area (Å²) in [6.07, 6.45) is 0.396. The molecule has 2 aliphatic rings. The molecule has 1 aliphatic heterocycles. The highest BCUT2D eigenvalue weighted by Crippen LogP contribution is 2.49. The van der Waals surface area contributed by atoms with Gasteiger partial charge in [-0.15, -0.1) is 0 Å². The van der Waals surface area contributed by atoms with Crippen LogP contribution in [-0.2, 0) is 27.8 Å². The summed E-state index contributed by atoms with van der Waals surface area (Å²) in [4.78, 5) is 10.3. The Kier molecular flexibility index (Phi) is 8.92. The second kappa shape index (κ2) is 10.3. The molecule has 1 saturated heterocycles. The van der Waals surface area contributed by atoms with Crippen molar-refractivity contribution in [3.63, 3.8) is 0 Å². The molecule has 0 spiro atoms. The molecule has 0 aromatic carbocycles. The average Bonchev–Trinajstić information content (AvgIpc) is 3.02. The Morgan fingerprint density at radius 3 is 2.39 bits per heavy atom. The van der Waals surface area contributed by atoms with Gasteiger partial charge in [0.05, 0.1) is 43.7 Å². The molecule has 1 heterocycles. The molecule has 1 saturated carbocycles. The minimum Gasteiger partial charge on any atom is -0.378 e. The molecular formula is C19H38NO7P. The summed E-state index contributed by atoms with van der Waals surface area (Å²) in [7, 11) is -4.26. The van der Waals surface area contributed by atoms with E-state index < -0.39 is 20.0 Å². The second-order valence-electron chi connectivity index (χ2n) is 8.69. The number of rotatable bonds is 10. The summed E-state index contributed by atoms with van der Waals surface area (Å²) in [5, 5.41) is 0. The first-order chi connectivity index (χ1) is 13.0. The Balaban J connectivity index is 1.91. The van der Waals surface area contributed by atoms with Crippen LogP contribution in [-0.4, -0.2) is 60.8 Å². The lowest BCUT2D eigenvalue weighted by Crippen LogP contribution is -2.37. The van der Waals surface area contributed by atoms with Crippen LogP contribution in [0.25, 0.3) is 0 Å². The molecule has 2 rings (SSSR count). The predicted octanol–water partition coefficient (Wildman–Crippen LogP) is 2.87. The molecule has 3 unspecified atom stereocenters. The van der Waals surface area contributed by atoms with E-state index in [-0.39, 0.29) is 48.9 Å². The minimum atomic E-state index is -4.26. The molecule has 166 valence electrons. The topological polar surface area (TPSA) is 109 Å². The van der Waals surface area contributed by atoms with Gasteiger partial charge in [-0.05, 0) is 47.0 Å². The summed E-state index contributed by atoms with van der Waals surface area (Å²) in [5.41, 5.74) is 6.26. The van der Waals surface area contributed by atoms with Crippen LogP contribution in [0.5, 0.6) is 0 Å². The molecule has 0 aromatic rings. The highest BCUT2D eigenvalue weighted by molar-refractivity contribution is 7.47. The van der Waals surface area contributed by atoms with Crippen molar-refractivity contribution in [1.82, 2.24) is 0 Å². The largest absolute Gasteiger partial charge is 0.472 e. The van der Waals surface area contributed by atoms with Gasteiger partial charge in [-0.25, -0.2) is 4.57 Å². The van der Waals surface area contributed by atoms with E-state index in [2.05, 4.69) is 0 Å². The molecule has 1 aliphatic carbocycles. The van der Waals surface area contributed by atoms with Gasteiger partial charge in [-0.2, -0.15) is 0 Å². The maximum atomic E-state index is 12.6. The number of phosphoric ester groups is 1. The van der Waals surface area contributed by atoms with Crippen molar-refractivity contribution >= 4 is 7.82 Å². The van der Waals surface area contributed by atoms with Crippen molar-refractivity contribution in [2.75, 3.05) is 13.2 Å². The molecule has 3 N–H and O–H groups in total. The van der Waals surface area contributed by atoms with Gasteiger partial charge in [0.25, 0.3) is 0 Å². The van der Waals surface area contributed by atoms with Gasteiger partial charge in [0.2, 0.25) is 0 Å². The van der Waals surface area contributed by atoms with Crippen LogP contribution < -0.4 is 5.73 Å². The van der Waals surface area contributed by atoms with E-state index in [1.807, 2.05) is 41.5 Å². The molecule has 8 nitrogen and oxygen atoms in total. The van der Waals surface area contributed by atoms with E-state index in [0.29, 0.717) is 13.0 Å². The van der Waals surface area contributed by atoms with Crippen molar-refractivity contribution in [3.8, 4) is 0 Å². The van der Waals surface area contributed by atoms with Crippen molar-refractivity contribution in [2.24, 2.45) is 17.6 Å². The van der Waals surface area contributed by atoms with Crippen LogP contribution in [0.2, 0.25) is 0 Å². The number of hydrogen-bond donors (Lipinski definition) is 2. The van der Waals surface area contributed by atoms with Gasteiger partial charge >= 0.3 is 7.82 Å². The average molecular weight is 423 g/mol. The van der Waals surface area contributed by atoms with Gasteiger partial charge in [0, 0.05) is 18.4 Å². The van der Waals surface area contributed by atoms with Crippen LogP contribution in [0.3, 0.4) is 0 Å². The highest BCUT2D eigenvalue weighted by Gasteiger charge is 2.44. The minimum absolute atomic E-state index is 0.0163. The van der Waals surface area contributed by atoms with Gasteiger partial charge < -0.3 is 24.8 Å². The van der Waals surface area contributed by atoms with Crippen LogP contribution in [0.4, 0.5) is 0 Å².